The highest BCUT2D eigenvalue weighted by Gasteiger charge is 2.10. The summed E-state index contributed by atoms with van der Waals surface area (Å²) in [7, 11) is 2.03. The van der Waals surface area contributed by atoms with Crippen molar-refractivity contribution in [3.8, 4) is 11.8 Å². The van der Waals surface area contributed by atoms with Crippen LogP contribution in [-0.4, -0.2) is 24.5 Å². The van der Waals surface area contributed by atoms with Crippen LogP contribution in [0.15, 0.2) is 61.1 Å². The first-order valence-electron chi connectivity index (χ1n) is 10.4. The van der Waals surface area contributed by atoms with Crippen LogP contribution in [0.4, 0.5) is 5.95 Å². The lowest BCUT2D eigenvalue weighted by molar-refractivity contribution is 0.441. The summed E-state index contributed by atoms with van der Waals surface area (Å²) >= 11 is 7.54. The fraction of sp³-hybridized carbons (Fsp3) is 0.167. The topological polar surface area (TPSA) is 77.8 Å². The van der Waals surface area contributed by atoms with Crippen molar-refractivity contribution in [2.24, 2.45) is 7.05 Å². The molecular weight excluding hydrogens is 456 g/mol. The van der Waals surface area contributed by atoms with Crippen molar-refractivity contribution in [1.82, 2.24) is 24.5 Å². The minimum Gasteiger partial charge on any atom is -0.424 e. The molecule has 3 heterocycles. The maximum atomic E-state index is 5.80. The Morgan fingerprint density at radius 2 is 1.76 bits per heavy atom. The molecule has 0 bridgehead atoms. The van der Waals surface area contributed by atoms with E-state index in [0.29, 0.717) is 17.3 Å². The molecule has 0 atom stereocenters. The van der Waals surface area contributed by atoms with Crippen molar-refractivity contribution in [3.05, 3.63) is 87.1 Å². The predicted molar refractivity (Wildman–Crippen MR) is 131 cm³/mol. The molecule has 5 rings (SSSR count). The monoisotopic (exact) mass is 476 g/mol. The molecule has 0 aliphatic carbocycles. The zero-order chi connectivity index (χ0) is 22.8. The highest BCUT2D eigenvalue weighted by molar-refractivity contribution is 7.11. The fourth-order valence-electron chi connectivity index (χ4n) is 3.48. The normalized spacial score (nSPS) is 11.1. The van der Waals surface area contributed by atoms with E-state index in [1.807, 2.05) is 37.5 Å². The number of aromatic nitrogens is 5. The minimum atomic E-state index is 0.259. The molecule has 0 aliphatic rings. The Hall–Kier alpha value is -3.49. The largest absolute Gasteiger partial charge is 0.424 e. The third-order valence-electron chi connectivity index (χ3n) is 5.15. The van der Waals surface area contributed by atoms with Gasteiger partial charge in [-0.05, 0) is 42.3 Å². The summed E-state index contributed by atoms with van der Waals surface area (Å²) in [6.07, 6.45) is 5.76. The third-order valence-corrected chi connectivity index (χ3v) is 6.26. The summed E-state index contributed by atoms with van der Waals surface area (Å²) in [5, 5.41) is 5.02. The first-order valence-corrected chi connectivity index (χ1v) is 11.6. The van der Waals surface area contributed by atoms with Gasteiger partial charge in [-0.1, -0.05) is 29.8 Å². The molecule has 3 aromatic heterocycles. The number of rotatable bonds is 7. The Labute approximate surface area is 200 Å². The van der Waals surface area contributed by atoms with Gasteiger partial charge in [-0.25, -0.2) is 19.9 Å². The molecule has 0 saturated heterocycles. The van der Waals surface area contributed by atoms with Gasteiger partial charge in [0, 0.05) is 31.1 Å². The molecule has 1 N–H and O–H groups in total. The lowest BCUT2D eigenvalue weighted by Gasteiger charge is -2.08. The quantitative estimate of drug-likeness (QED) is 0.321. The highest BCUT2D eigenvalue weighted by Crippen LogP contribution is 2.24. The summed E-state index contributed by atoms with van der Waals surface area (Å²) in [5.74, 6) is 1.48. The number of imidazole rings is 1. The van der Waals surface area contributed by atoms with E-state index in [-0.39, 0.29) is 6.01 Å². The second-order valence-electron chi connectivity index (χ2n) is 7.64. The van der Waals surface area contributed by atoms with Gasteiger partial charge < -0.3 is 14.6 Å². The molecule has 0 fully saturated rings. The van der Waals surface area contributed by atoms with E-state index in [1.165, 1.54) is 22.8 Å². The Morgan fingerprint density at radius 3 is 2.48 bits per heavy atom. The molecule has 0 aliphatic heterocycles. The Balaban J connectivity index is 1.25. The standard InChI is InChI=1S/C24H21ClN6OS/c1-15-11-26-22(33-15)10-17-5-8-20-21(9-17)31(2)23(30-20)27-12-16-3-6-19(7-4-16)32-24-28-13-18(25)14-29-24/h3-9,11,13-14H,10,12H2,1-2H3,(H,27,30). The maximum absolute atomic E-state index is 5.80. The van der Waals surface area contributed by atoms with E-state index in [2.05, 4.69) is 50.0 Å². The van der Waals surface area contributed by atoms with Crippen LogP contribution >= 0.6 is 22.9 Å². The summed E-state index contributed by atoms with van der Waals surface area (Å²) < 4.78 is 7.73. The molecule has 0 unspecified atom stereocenters. The average molecular weight is 477 g/mol. The second kappa shape index (κ2) is 9.17. The zero-order valence-corrected chi connectivity index (χ0v) is 19.7. The number of hydrogen-bond donors (Lipinski definition) is 1. The van der Waals surface area contributed by atoms with Crippen LogP contribution in [0.5, 0.6) is 11.8 Å². The zero-order valence-electron chi connectivity index (χ0n) is 18.1. The smallest absolute Gasteiger partial charge is 0.321 e. The van der Waals surface area contributed by atoms with Gasteiger partial charge in [-0.2, -0.15) is 0 Å². The van der Waals surface area contributed by atoms with E-state index in [1.54, 1.807) is 11.3 Å². The first kappa shape index (κ1) is 21.4. The SMILES string of the molecule is Cc1cnc(Cc2ccc3nc(NCc4ccc(Oc5ncc(Cl)cn5)cc4)n(C)c3c2)s1. The molecule has 2 aromatic carbocycles. The number of benzene rings is 2. The molecule has 7 nitrogen and oxygen atoms in total. The number of ether oxygens (including phenoxy) is 1. The molecule has 0 saturated carbocycles. The Bertz CT molecular complexity index is 1400. The first-order chi connectivity index (χ1) is 16.0. The molecule has 5 aromatic rings. The Kier molecular flexibility index (Phi) is 5.93. The second-order valence-corrected chi connectivity index (χ2v) is 9.40. The van der Waals surface area contributed by atoms with Crippen LogP contribution in [0.2, 0.25) is 5.02 Å². The van der Waals surface area contributed by atoms with E-state index < -0.39 is 0 Å². The molecule has 33 heavy (non-hydrogen) atoms. The van der Waals surface area contributed by atoms with Gasteiger partial charge in [-0.15, -0.1) is 11.3 Å². The maximum Gasteiger partial charge on any atom is 0.321 e. The van der Waals surface area contributed by atoms with Crippen LogP contribution in [0.3, 0.4) is 0 Å². The van der Waals surface area contributed by atoms with Crippen molar-refractivity contribution in [2.45, 2.75) is 19.9 Å². The summed E-state index contributed by atoms with van der Waals surface area (Å²) in [6.45, 7) is 2.72. The van der Waals surface area contributed by atoms with Crippen molar-refractivity contribution in [1.29, 1.82) is 0 Å². The molecule has 0 spiro atoms. The number of fused-ring (bicyclic) bond motifs is 1. The number of nitrogens with one attached hydrogen (secondary N) is 1. The van der Waals surface area contributed by atoms with Gasteiger partial charge in [0.15, 0.2) is 0 Å². The number of thiazole rings is 1. The van der Waals surface area contributed by atoms with Crippen molar-refractivity contribution in [2.75, 3.05) is 5.32 Å². The number of anilines is 1. The molecule has 9 heteroatoms. The third kappa shape index (κ3) is 4.97. The van der Waals surface area contributed by atoms with Gasteiger partial charge in [-0.3, -0.25) is 0 Å². The van der Waals surface area contributed by atoms with Crippen LogP contribution in [0.25, 0.3) is 11.0 Å². The van der Waals surface area contributed by atoms with Crippen LogP contribution < -0.4 is 10.1 Å². The van der Waals surface area contributed by atoms with Gasteiger partial charge in [0.25, 0.3) is 0 Å². The van der Waals surface area contributed by atoms with Crippen molar-refractivity contribution in [3.63, 3.8) is 0 Å². The van der Waals surface area contributed by atoms with Gasteiger partial charge >= 0.3 is 6.01 Å². The lowest BCUT2D eigenvalue weighted by atomic mass is 10.1. The minimum absolute atomic E-state index is 0.259. The highest BCUT2D eigenvalue weighted by atomic mass is 35.5. The van der Waals surface area contributed by atoms with Crippen molar-refractivity contribution >= 4 is 39.9 Å². The van der Waals surface area contributed by atoms with E-state index in [0.717, 1.165) is 34.0 Å². The van der Waals surface area contributed by atoms with Crippen molar-refractivity contribution < 1.29 is 4.74 Å². The molecular formula is C24H21ClN6OS. The Morgan fingerprint density at radius 1 is 1.00 bits per heavy atom. The summed E-state index contributed by atoms with van der Waals surface area (Å²) in [4.78, 5) is 18.5. The summed E-state index contributed by atoms with van der Waals surface area (Å²) in [6, 6.07) is 14.4. The van der Waals surface area contributed by atoms with Gasteiger partial charge in [0.1, 0.15) is 5.75 Å². The number of aryl methyl sites for hydroxylation is 2. The van der Waals surface area contributed by atoms with E-state index >= 15 is 0 Å². The average Bonchev–Trinajstić information content (AvgIpc) is 3.37. The summed E-state index contributed by atoms with van der Waals surface area (Å²) in [5.41, 5.74) is 4.39. The lowest BCUT2D eigenvalue weighted by Crippen LogP contribution is -2.05. The molecule has 0 amide bonds. The fourth-order valence-corrected chi connectivity index (χ4v) is 4.40. The van der Waals surface area contributed by atoms with Gasteiger partial charge in [0.05, 0.1) is 33.5 Å². The van der Waals surface area contributed by atoms with Gasteiger partial charge in [0.2, 0.25) is 5.95 Å². The molecule has 166 valence electrons. The van der Waals surface area contributed by atoms with E-state index in [9.17, 15) is 0 Å². The number of halogens is 1. The van der Waals surface area contributed by atoms with Crippen LogP contribution in [0, 0.1) is 6.92 Å². The predicted octanol–water partition coefficient (Wildman–Crippen LogP) is 5.78. The molecule has 0 radical (unpaired) electrons. The van der Waals surface area contributed by atoms with Crippen LogP contribution in [0.1, 0.15) is 21.0 Å². The van der Waals surface area contributed by atoms with E-state index in [4.69, 9.17) is 21.3 Å². The van der Waals surface area contributed by atoms with Crippen LogP contribution in [-0.2, 0) is 20.0 Å². The number of hydrogen-bond acceptors (Lipinski definition) is 7. The number of nitrogens with zero attached hydrogens (tertiary/aromatic N) is 5.